The summed E-state index contributed by atoms with van der Waals surface area (Å²) in [6.45, 7) is 14.9. The molecule has 2 fully saturated rings. The summed E-state index contributed by atoms with van der Waals surface area (Å²) in [5, 5.41) is 3.39. The molecule has 2 rings (SSSR count). The fourth-order valence-corrected chi connectivity index (χ4v) is 2.08. The lowest BCUT2D eigenvalue weighted by molar-refractivity contribution is 0.0309. The molecule has 0 spiro atoms. The SMILES string of the molecule is CC.CCN1CC(N2CCNCC2)C1. The summed E-state index contributed by atoms with van der Waals surface area (Å²) in [7, 11) is 0. The summed E-state index contributed by atoms with van der Waals surface area (Å²) in [4.78, 5) is 5.13. The highest BCUT2D eigenvalue weighted by atomic mass is 15.3. The van der Waals surface area contributed by atoms with E-state index in [-0.39, 0.29) is 0 Å². The lowest BCUT2D eigenvalue weighted by atomic mass is 10.1. The van der Waals surface area contributed by atoms with Gasteiger partial charge in [0.1, 0.15) is 0 Å². The van der Waals surface area contributed by atoms with Gasteiger partial charge in [0.15, 0.2) is 0 Å². The van der Waals surface area contributed by atoms with Crippen molar-refractivity contribution in [1.82, 2.24) is 15.1 Å². The van der Waals surface area contributed by atoms with Crippen LogP contribution in [0.2, 0.25) is 0 Å². The molecule has 1 N–H and O–H groups in total. The number of rotatable bonds is 2. The van der Waals surface area contributed by atoms with Gasteiger partial charge in [-0.3, -0.25) is 4.90 Å². The molecule has 0 radical (unpaired) electrons. The van der Waals surface area contributed by atoms with Crippen molar-refractivity contribution >= 4 is 0 Å². The van der Waals surface area contributed by atoms with Crippen LogP contribution < -0.4 is 5.32 Å². The van der Waals surface area contributed by atoms with Crippen LogP contribution in [0.25, 0.3) is 0 Å². The minimum atomic E-state index is 0.868. The van der Waals surface area contributed by atoms with Crippen molar-refractivity contribution in [3.05, 3.63) is 0 Å². The molecule has 3 nitrogen and oxygen atoms in total. The Morgan fingerprint density at radius 2 is 1.71 bits per heavy atom. The third-order valence-electron chi connectivity index (χ3n) is 3.05. The molecule has 2 aliphatic heterocycles. The van der Waals surface area contributed by atoms with E-state index in [1.807, 2.05) is 13.8 Å². The van der Waals surface area contributed by atoms with Crippen LogP contribution in [0.15, 0.2) is 0 Å². The maximum atomic E-state index is 3.39. The maximum Gasteiger partial charge on any atom is 0.0351 e. The zero-order valence-electron chi connectivity index (χ0n) is 9.92. The molecule has 0 aliphatic carbocycles. The number of likely N-dealkylation sites (N-methyl/N-ethyl adjacent to an activating group) is 1. The second kappa shape index (κ2) is 6.38. The average molecular weight is 199 g/mol. The van der Waals surface area contributed by atoms with Crippen molar-refractivity contribution < 1.29 is 0 Å². The van der Waals surface area contributed by atoms with Crippen molar-refractivity contribution in [2.75, 3.05) is 45.8 Å². The van der Waals surface area contributed by atoms with Crippen LogP contribution in [0.4, 0.5) is 0 Å². The number of hydrogen-bond donors (Lipinski definition) is 1. The van der Waals surface area contributed by atoms with Crippen LogP contribution in [0.1, 0.15) is 20.8 Å². The van der Waals surface area contributed by atoms with Gasteiger partial charge in [-0.1, -0.05) is 20.8 Å². The normalized spacial score (nSPS) is 25.1. The summed E-state index contributed by atoms with van der Waals surface area (Å²) in [6, 6.07) is 0.868. The smallest absolute Gasteiger partial charge is 0.0351 e. The molecule has 0 aromatic heterocycles. The predicted molar refractivity (Wildman–Crippen MR) is 61.7 cm³/mol. The van der Waals surface area contributed by atoms with Gasteiger partial charge in [0.25, 0.3) is 0 Å². The molecule has 0 aromatic rings. The number of likely N-dealkylation sites (tertiary alicyclic amines) is 1. The van der Waals surface area contributed by atoms with Gasteiger partial charge < -0.3 is 10.2 Å². The Kier molecular flexibility index (Phi) is 5.45. The van der Waals surface area contributed by atoms with Gasteiger partial charge in [0, 0.05) is 45.3 Å². The number of nitrogens with one attached hydrogen (secondary N) is 1. The van der Waals surface area contributed by atoms with Gasteiger partial charge in [0.05, 0.1) is 0 Å². The standard InChI is InChI=1S/C9H19N3.C2H6/c1-2-11-7-9(8-11)12-5-3-10-4-6-12;1-2/h9-10H,2-8H2,1H3;1-2H3. The molecule has 3 heteroatoms. The van der Waals surface area contributed by atoms with Crippen LogP contribution in [-0.4, -0.2) is 61.7 Å². The highest BCUT2D eigenvalue weighted by Crippen LogP contribution is 2.14. The fraction of sp³-hybridized carbons (Fsp3) is 1.00. The Morgan fingerprint density at radius 3 is 2.21 bits per heavy atom. The molecule has 2 aliphatic rings. The van der Waals surface area contributed by atoms with Crippen LogP contribution in [0.3, 0.4) is 0 Å². The van der Waals surface area contributed by atoms with Crippen molar-refractivity contribution in [3.8, 4) is 0 Å². The number of piperazine rings is 1. The van der Waals surface area contributed by atoms with Crippen LogP contribution in [-0.2, 0) is 0 Å². The highest BCUT2D eigenvalue weighted by molar-refractivity contribution is 4.88. The van der Waals surface area contributed by atoms with Gasteiger partial charge in [-0.15, -0.1) is 0 Å². The molecule has 0 aromatic carbocycles. The van der Waals surface area contributed by atoms with Crippen LogP contribution in [0, 0.1) is 0 Å². The molecule has 84 valence electrons. The minimum Gasteiger partial charge on any atom is -0.314 e. The van der Waals surface area contributed by atoms with E-state index in [0.29, 0.717) is 0 Å². The monoisotopic (exact) mass is 199 g/mol. The summed E-state index contributed by atoms with van der Waals surface area (Å²) < 4.78 is 0. The topological polar surface area (TPSA) is 18.5 Å². The largest absolute Gasteiger partial charge is 0.314 e. The first-order valence-electron chi connectivity index (χ1n) is 6.07. The Morgan fingerprint density at radius 1 is 1.14 bits per heavy atom. The van der Waals surface area contributed by atoms with E-state index in [1.165, 1.54) is 45.8 Å². The van der Waals surface area contributed by atoms with E-state index < -0.39 is 0 Å². The Hall–Kier alpha value is -0.120. The molecule has 0 bridgehead atoms. The molecule has 14 heavy (non-hydrogen) atoms. The van der Waals surface area contributed by atoms with E-state index in [9.17, 15) is 0 Å². The predicted octanol–water partition coefficient (Wildman–Crippen LogP) is 0.622. The van der Waals surface area contributed by atoms with Gasteiger partial charge in [-0.25, -0.2) is 0 Å². The quantitative estimate of drug-likeness (QED) is 0.703. The summed E-state index contributed by atoms with van der Waals surface area (Å²) >= 11 is 0. The zero-order chi connectivity index (χ0) is 10.4. The number of hydrogen-bond acceptors (Lipinski definition) is 3. The zero-order valence-corrected chi connectivity index (χ0v) is 9.92. The van der Waals surface area contributed by atoms with E-state index >= 15 is 0 Å². The lowest BCUT2D eigenvalue weighted by Crippen LogP contribution is -2.62. The van der Waals surface area contributed by atoms with Crippen molar-refractivity contribution in [3.63, 3.8) is 0 Å². The second-order valence-corrected chi connectivity index (χ2v) is 3.79. The molecule has 0 amide bonds. The average Bonchev–Trinajstić information content (AvgIpc) is 2.21. The van der Waals surface area contributed by atoms with Gasteiger partial charge in [0.2, 0.25) is 0 Å². The van der Waals surface area contributed by atoms with E-state index in [2.05, 4.69) is 22.0 Å². The molecular formula is C11H25N3. The summed E-state index contributed by atoms with van der Waals surface area (Å²) in [5.74, 6) is 0. The first kappa shape index (κ1) is 12.0. The van der Waals surface area contributed by atoms with Crippen LogP contribution in [0.5, 0.6) is 0 Å². The van der Waals surface area contributed by atoms with E-state index in [4.69, 9.17) is 0 Å². The van der Waals surface area contributed by atoms with Crippen LogP contribution >= 0.6 is 0 Å². The lowest BCUT2D eigenvalue weighted by Gasteiger charge is -2.46. The van der Waals surface area contributed by atoms with Crippen molar-refractivity contribution in [2.45, 2.75) is 26.8 Å². The third kappa shape index (κ3) is 2.94. The van der Waals surface area contributed by atoms with Gasteiger partial charge in [-0.05, 0) is 6.54 Å². The Bertz CT molecular complexity index is 137. The Labute approximate surface area is 88.5 Å². The van der Waals surface area contributed by atoms with Gasteiger partial charge in [-0.2, -0.15) is 0 Å². The number of nitrogens with zero attached hydrogens (tertiary/aromatic N) is 2. The molecule has 0 unspecified atom stereocenters. The second-order valence-electron chi connectivity index (χ2n) is 3.79. The fourth-order valence-electron chi connectivity index (χ4n) is 2.08. The molecule has 0 saturated carbocycles. The minimum absolute atomic E-state index is 0.868. The summed E-state index contributed by atoms with van der Waals surface area (Å²) in [5.41, 5.74) is 0. The molecule has 0 atom stereocenters. The molecule has 2 heterocycles. The van der Waals surface area contributed by atoms with Gasteiger partial charge >= 0.3 is 0 Å². The third-order valence-corrected chi connectivity index (χ3v) is 3.05. The molecular weight excluding hydrogens is 174 g/mol. The van der Waals surface area contributed by atoms with E-state index in [1.54, 1.807) is 0 Å². The van der Waals surface area contributed by atoms with E-state index in [0.717, 1.165) is 6.04 Å². The highest BCUT2D eigenvalue weighted by Gasteiger charge is 2.30. The summed E-state index contributed by atoms with van der Waals surface area (Å²) in [6.07, 6.45) is 0. The molecule has 2 saturated heterocycles. The first-order chi connectivity index (χ1) is 6.90. The Balaban J connectivity index is 0.000000461. The first-order valence-corrected chi connectivity index (χ1v) is 6.07. The van der Waals surface area contributed by atoms with Crippen molar-refractivity contribution in [2.24, 2.45) is 0 Å². The van der Waals surface area contributed by atoms with Crippen molar-refractivity contribution in [1.29, 1.82) is 0 Å². The maximum absolute atomic E-state index is 3.39.